The van der Waals surface area contributed by atoms with E-state index in [-0.39, 0.29) is 5.75 Å². The van der Waals surface area contributed by atoms with Crippen LogP contribution >= 0.6 is 0 Å². The molecule has 0 aliphatic carbocycles. The third-order valence-corrected chi connectivity index (χ3v) is 3.58. The molecule has 0 atom stereocenters. The van der Waals surface area contributed by atoms with Gasteiger partial charge in [-0.1, -0.05) is 24.3 Å². The summed E-state index contributed by atoms with van der Waals surface area (Å²) < 4.78 is 42.0. The lowest BCUT2D eigenvalue weighted by atomic mass is 10.1. The first kappa shape index (κ1) is 17.5. The molecule has 1 aromatic heterocycles. The molecule has 3 aromatic rings. The fourth-order valence-corrected chi connectivity index (χ4v) is 2.35. The van der Waals surface area contributed by atoms with Gasteiger partial charge in [0, 0.05) is 29.9 Å². The molecule has 0 amide bonds. The second-order valence-electron chi connectivity index (χ2n) is 5.48. The quantitative estimate of drug-likeness (QED) is 0.678. The van der Waals surface area contributed by atoms with Gasteiger partial charge < -0.3 is 10.1 Å². The number of carbonyl (C=O) groups excluding carboxylic acids is 1. The van der Waals surface area contributed by atoms with Crippen LogP contribution in [0.3, 0.4) is 0 Å². The molecule has 134 valence electrons. The van der Waals surface area contributed by atoms with E-state index in [9.17, 15) is 18.0 Å². The van der Waals surface area contributed by atoms with Crippen LogP contribution in [0.25, 0.3) is 11.3 Å². The van der Waals surface area contributed by atoms with Crippen molar-refractivity contribution in [3.05, 3.63) is 60.2 Å². The van der Waals surface area contributed by atoms with Gasteiger partial charge in [-0.25, -0.2) is 0 Å². The molecule has 5 nitrogen and oxygen atoms in total. The summed E-state index contributed by atoms with van der Waals surface area (Å²) >= 11 is 0. The zero-order valence-corrected chi connectivity index (χ0v) is 13.6. The van der Waals surface area contributed by atoms with Crippen LogP contribution in [0, 0.1) is 0 Å². The number of carbonyl (C=O) groups is 1. The zero-order chi connectivity index (χ0) is 18.7. The van der Waals surface area contributed by atoms with Crippen molar-refractivity contribution < 1.29 is 22.7 Å². The van der Waals surface area contributed by atoms with Crippen molar-refractivity contribution in [2.45, 2.75) is 6.36 Å². The highest BCUT2D eigenvalue weighted by Gasteiger charge is 2.30. The molecule has 1 N–H and O–H groups in total. The highest BCUT2D eigenvalue weighted by molar-refractivity contribution is 5.77. The van der Waals surface area contributed by atoms with Crippen LogP contribution in [0.1, 0.15) is 10.4 Å². The van der Waals surface area contributed by atoms with Gasteiger partial charge in [-0.05, 0) is 24.3 Å². The third kappa shape index (κ3) is 4.21. The Morgan fingerprint density at radius 3 is 2.31 bits per heavy atom. The van der Waals surface area contributed by atoms with Crippen molar-refractivity contribution >= 4 is 17.8 Å². The lowest BCUT2D eigenvalue weighted by Crippen LogP contribution is -2.16. The van der Waals surface area contributed by atoms with Crippen LogP contribution in [0.4, 0.5) is 24.7 Å². The maximum atomic E-state index is 12.2. The maximum Gasteiger partial charge on any atom is 0.573 e. The Balaban J connectivity index is 1.76. The SMILES string of the molecule is Cn1nc(-c2ccc(C=O)cc2)cc1Nc1ccc(OC(F)(F)F)cc1. The highest BCUT2D eigenvalue weighted by Crippen LogP contribution is 2.27. The summed E-state index contributed by atoms with van der Waals surface area (Å²) in [6.07, 6.45) is -3.95. The molecule has 0 saturated carbocycles. The number of hydrogen-bond donors (Lipinski definition) is 1. The average Bonchev–Trinajstić information content (AvgIpc) is 2.96. The number of halogens is 3. The van der Waals surface area contributed by atoms with Crippen LogP contribution in [-0.4, -0.2) is 22.4 Å². The summed E-state index contributed by atoms with van der Waals surface area (Å²) in [5.74, 6) is 0.368. The standard InChI is InChI=1S/C18H14F3N3O2/c1-24-17(10-16(23-24)13-4-2-12(11-25)3-5-13)22-14-6-8-15(9-7-14)26-18(19,20)21/h2-11,22H,1H3. The molecule has 3 rings (SSSR count). The normalized spacial score (nSPS) is 11.2. The molecule has 8 heteroatoms. The summed E-state index contributed by atoms with van der Waals surface area (Å²) in [4.78, 5) is 10.7. The number of aryl methyl sites for hydroxylation is 1. The number of aromatic nitrogens is 2. The second-order valence-corrected chi connectivity index (χ2v) is 5.48. The summed E-state index contributed by atoms with van der Waals surface area (Å²) in [6, 6.07) is 14.2. The van der Waals surface area contributed by atoms with Crippen LogP contribution in [0.15, 0.2) is 54.6 Å². The van der Waals surface area contributed by atoms with Crippen molar-refractivity contribution in [1.29, 1.82) is 0 Å². The first-order valence-electron chi connectivity index (χ1n) is 7.56. The predicted molar refractivity (Wildman–Crippen MR) is 90.4 cm³/mol. The summed E-state index contributed by atoms with van der Waals surface area (Å²) in [7, 11) is 1.74. The number of hydrogen-bond acceptors (Lipinski definition) is 4. The molecule has 2 aromatic carbocycles. The van der Waals surface area contributed by atoms with Crippen LogP contribution in [0.2, 0.25) is 0 Å². The van der Waals surface area contributed by atoms with E-state index in [0.29, 0.717) is 22.8 Å². The van der Waals surface area contributed by atoms with E-state index < -0.39 is 6.36 Å². The summed E-state index contributed by atoms with van der Waals surface area (Å²) in [6.45, 7) is 0. The van der Waals surface area contributed by atoms with Crippen molar-refractivity contribution in [3.63, 3.8) is 0 Å². The van der Waals surface area contributed by atoms with Gasteiger partial charge in [0.1, 0.15) is 17.9 Å². The molecule has 0 aliphatic rings. The Morgan fingerprint density at radius 2 is 1.73 bits per heavy atom. The minimum absolute atomic E-state index is 0.288. The maximum absolute atomic E-state index is 12.2. The lowest BCUT2D eigenvalue weighted by Gasteiger charge is -2.10. The number of ether oxygens (including phenoxy) is 1. The molecule has 0 fully saturated rings. The summed E-state index contributed by atoms with van der Waals surface area (Å²) in [5.41, 5.74) is 2.70. The van der Waals surface area contributed by atoms with Gasteiger partial charge in [0.15, 0.2) is 0 Å². The number of anilines is 2. The number of benzene rings is 2. The Morgan fingerprint density at radius 1 is 1.08 bits per heavy atom. The van der Waals surface area contributed by atoms with E-state index in [4.69, 9.17) is 0 Å². The molecule has 0 radical (unpaired) electrons. The molecular formula is C18H14F3N3O2. The van der Waals surface area contributed by atoms with Gasteiger partial charge >= 0.3 is 6.36 Å². The van der Waals surface area contributed by atoms with Gasteiger partial charge in [-0.3, -0.25) is 9.48 Å². The Hall–Kier alpha value is -3.29. The predicted octanol–water partition coefficient (Wildman–Crippen LogP) is 4.54. The molecule has 0 unspecified atom stereocenters. The molecule has 1 heterocycles. The fraction of sp³-hybridized carbons (Fsp3) is 0.111. The van der Waals surface area contributed by atoms with E-state index in [1.807, 2.05) is 0 Å². The van der Waals surface area contributed by atoms with E-state index in [0.717, 1.165) is 11.8 Å². The molecule has 0 saturated heterocycles. The average molecular weight is 361 g/mol. The number of aldehydes is 1. The second kappa shape index (κ2) is 6.91. The van der Waals surface area contributed by atoms with Crippen LogP contribution in [-0.2, 0) is 7.05 Å². The van der Waals surface area contributed by atoms with E-state index >= 15 is 0 Å². The first-order chi connectivity index (χ1) is 12.3. The van der Waals surface area contributed by atoms with Crippen LogP contribution in [0.5, 0.6) is 5.75 Å². The summed E-state index contributed by atoms with van der Waals surface area (Å²) in [5, 5.41) is 7.47. The number of nitrogens with zero attached hydrogens (tertiary/aromatic N) is 2. The van der Waals surface area contributed by atoms with E-state index in [2.05, 4.69) is 15.2 Å². The van der Waals surface area contributed by atoms with Crippen molar-refractivity contribution in [2.75, 3.05) is 5.32 Å². The van der Waals surface area contributed by atoms with Gasteiger partial charge in [-0.2, -0.15) is 5.10 Å². The Bertz CT molecular complexity index is 901. The van der Waals surface area contributed by atoms with Crippen molar-refractivity contribution in [1.82, 2.24) is 9.78 Å². The number of nitrogens with one attached hydrogen (secondary N) is 1. The van der Waals surface area contributed by atoms with Crippen molar-refractivity contribution in [2.24, 2.45) is 7.05 Å². The smallest absolute Gasteiger partial charge is 0.406 e. The Labute approximate surface area is 147 Å². The lowest BCUT2D eigenvalue weighted by molar-refractivity contribution is -0.274. The minimum Gasteiger partial charge on any atom is -0.406 e. The first-order valence-corrected chi connectivity index (χ1v) is 7.56. The molecule has 0 bridgehead atoms. The zero-order valence-electron chi connectivity index (χ0n) is 13.6. The molecule has 26 heavy (non-hydrogen) atoms. The van der Waals surface area contributed by atoms with E-state index in [1.54, 1.807) is 42.1 Å². The molecular weight excluding hydrogens is 347 g/mol. The minimum atomic E-state index is -4.72. The van der Waals surface area contributed by atoms with Gasteiger partial charge in [-0.15, -0.1) is 13.2 Å². The number of alkyl halides is 3. The van der Waals surface area contributed by atoms with Crippen molar-refractivity contribution in [3.8, 4) is 17.0 Å². The highest BCUT2D eigenvalue weighted by atomic mass is 19.4. The Kier molecular flexibility index (Phi) is 4.66. The van der Waals surface area contributed by atoms with E-state index in [1.165, 1.54) is 24.3 Å². The largest absolute Gasteiger partial charge is 0.573 e. The van der Waals surface area contributed by atoms with Gasteiger partial charge in [0.05, 0.1) is 5.69 Å². The van der Waals surface area contributed by atoms with Gasteiger partial charge in [0.25, 0.3) is 0 Å². The fourth-order valence-electron chi connectivity index (χ4n) is 2.35. The van der Waals surface area contributed by atoms with Gasteiger partial charge in [0.2, 0.25) is 0 Å². The molecule has 0 spiro atoms. The van der Waals surface area contributed by atoms with Crippen LogP contribution < -0.4 is 10.1 Å². The monoisotopic (exact) mass is 361 g/mol. The third-order valence-electron chi connectivity index (χ3n) is 3.58. The molecule has 0 aliphatic heterocycles. The number of rotatable bonds is 5. The topological polar surface area (TPSA) is 56.2 Å².